The van der Waals surface area contributed by atoms with E-state index in [1.54, 1.807) is 0 Å². The van der Waals surface area contributed by atoms with Crippen molar-refractivity contribution in [3.8, 4) is 5.75 Å². The molecule has 98 valence electrons. The van der Waals surface area contributed by atoms with E-state index in [1.165, 1.54) is 0 Å². The molecule has 5 heteroatoms. The number of rotatable bonds is 2. The lowest BCUT2D eigenvalue weighted by molar-refractivity contribution is 0.226. The van der Waals surface area contributed by atoms with Crippen molar-refractivity contribution < 1.29 is 13.5 Å². The highest BCUT2D eigenvalue weighted by atomic mass is 19.1. The molecule has 1 aromatic rings. The second kappa shape index (κ2) is 4.82. The van der Waals surface area contributed by atoms with Crippen LogP contribution in [0.2, 0.25) is 0 Å². The number of piperazine rings is 1. The summed E-state index contributed by atoms with van der Waals surface area (Å²) >= 11 is 0. The predicted octanol–water partition coefficient (Wildman–Crippen LogP) is 1.30. The first-order chi connectivity index (χ1) is 8.75. The summed E-state index contributed by atoms with van der Waals surface area (Å²) in [5.74, 6) is -0.540. The van der Waals surface area contributed by atoms with Crippen LogP contribution in [0.3, 0.4) is 0 Å². The van der Waals surface area contributed by atoms with Gasteiger partial charge in [-0.25, -0.2) is 8.78 Å². The Morgan fingerprint density at radius 2 is 2.00 bits per heavy atom. The molecule has 0 spiro atoms. The van der Waals surface area contributed by atoms with Crippen molar-refractivity contribution in [1.82, 2.24) is 10.2 Å². The molecular formula is C13H16F2N2O. The molecule has 0 aliphatic carbocycles. The average molecular weight is 254 g/mol. The number of hydrogen-bond acceptors (Lipinski definition) is 3. The average Bonchev–Trinajstić information content (AvgIpc) is 2.85. The van der Waals surface area contributed by atoms with Gasteiger partial charge in [0.1, 0.15) is 17.4 Å². The maximum atomic E-state index is 13.9. The third-order valence-electron chi connectivity index (χ3n) is 3.57. The van der Waals surface area contributed by atoms with Gasteiger partial charge < -0.3 is 10.1 Å². The topological polar surface area (TPSA) is 24.5 Å². The molecular weight excluding hydrogens is 238 g/mol. The maximum Gasteiger partial charge on any atom is 0.134 e. The van der Waals surface area contributed by atoms with Crippen LogP contribution in [0.4, 0.5) is 8.78 Å². The van der Waals surface area contributed by atoms with Crippen LogP contribution in [-0.2, 0) is 13.0 Å². The van der Waals surface area contributed by atoms with Crippen molar-refractivity contribution >= 4 is 0 Å². The molecule has 0 amide bonds. The predicted molar refractivity (Wildman–Crippen MR) is 63.7 cm³/mol. The number of halogens is 2. The zero-order valence-corrected chi connectivity index (χ0v) is 10.1. The lowest BCUT2D eigenvalue weighted by Crippen LogP contribution is -2.43. The van der Waals surface area contributed by atoms with E-state index in [0.717, 1.165) is 32.2 Å². The van der Waals surface area contributed by atoms with Crippen molar-refractivity contribution in [3.63, 3.8) is 0 Å². The van der Waals surface area contributed by atoms with Crippen LogP contribution in [0.1, 0.15) is 11.1 Å². The first-order valence-corrected chi connectivity index (χ1v) is 6.31. The fourth-order valence-corrected chi connectivity index (χ4v) is 2.59. The summed E-state index contributed by atoms with van der Waals surface area (Å²) in [6, 6.07) is 0.991. The quantitative estimate of drug-likeness (QED) is 0.861. The summed E-state index contributed by atoms with van der Waals surface area (Å²) in [7, 11) is 0. The van der Waals surface area contributed by atoms with Gasteiger partial charge in [0.05, 0.1) is 6.61 Å². The molecule has 0 radical (unpaired) electrons. The van der Waals surface area contributed by atoms with E-state index >= 15 is 0 Å². The van der Waals surface area contributed by atoms with Gasteiger partial charge in [-0.05, 0) is 0 Å². The minimum absolute atomic E-state index is 0.436. The van der Waals surface area contributed by atoms with Gasteiger partial charge in [-0.2, -0.15) is 0 Å². The van der Waals surface area contributed by atoms with Gasteiger partial charge in [0.25, 0.3) is 0 Å². The fraction of sp³-hybridized carbons (Fsp3) is 0.538. The molecule has 3 nitrogen and oxygen atoms in total. The molecule has 0 saturated carbocycles. The zero-order valence-electron chi connectivity index (χ0n) is 10.1. The van der Waals surface area contributed by atoms with Gasteiger partial charge in [-0.15, -0.1) is 0 Å². The zero-order chi connectivity index (χ0) is 12.5. The van der Waals surface area contributed by atoms with Crippen LogP contribution < -0.4 is 10.1 Å². The Bertz CT molecular complexity index is 459. The Morgan fingerprint density at radius 1 is 1.22 bits per heavy atom. The highest BCUT2D eigenvalue weighted by Crippen LogP contribution is 2.34. The Kier molecular flexibility index (Phi) is 3.18. The molecule has 3 rings (SSSR count). The fourth-order valence-electron chi connectivity index (χ4n) is 2.59. The number of nitrogens with zero attached hydrogens (tertiary/aromatic N) is 1. The summed E-state index contributed by atoms with van der Waals surface area (Å²) in [5, 5.41) is 3.25. The van der Waals surface area contributed by atoms with Crippen molar-refractivity contribution in [1.29, 1.82) is 0 Å². The highest BCUT2D eigenvalue weighted by Gasteiger charge is 2.25. The second-order valence-electron chi connectivity index (χ2n) is 4.75. The summed E-state index contributed by atoms with van der Waals surface area (Å²) < 4.78 is 32.9. The van der Waals surface area contributed by atoms with Gasteiger partial charge in [0.15, 0.2) is 0 Å². The largest absolute Gasteiger partial charge is 0.492 e. The molecule has 1 N–H and O–H groups in total. The summed E-state index contributed by atoms with van der Waals surface area (Å²) in [6.07, 6.45) is 0.538. The molecule has 1 aromatic carbocycles. The van der Waals surface area contributed by atoms with E-state index in [2.05, 4.69) is 10.2 Å². The SMILES string of the molecule is Fc1cc(F)c(CN2CCNCC2)c2c1CCO2. The molecule has 1 saturated heterocycles. The Labute approximate surface area is 105 Å². The van der Waals surface area contributed by atoms with Gasteiger partial charge in [0, 0.05) is 56.3 Å². The number of hydrogen-bond donors (Lipinski definition) is 1. The van der Waals surface area contributed by atoms with E-state index in [1.807, 2.05) is 0 Å². The summed E-state index contributed by atoms with van der Waals surface area (Å²) in [4.78, 5) is 2.16. The van der Waals surface area contributed by atoms with E-state index < -0.39 is 11.6 Å². The molecule has 2 heterocycles. The number of fused-ring (bicyclic) bond motifs is 1. The van der Waals surface area contributed by atoms with Crippen molar-refractivity contribution in [2.24, 2.45) is 0 Å². The van der Waals surface area contributed by atoms with Crippen LogP contribution >= 0.6 is 0 Å². The normalized spacial score (nSPS) is 19.7. The van der Waals surface area contributed by atoms with Crippen LogP contribution in [0.5, 0.6) is 5.75 Å². The Balaban J connectivity index is 1.89. The van der Waals surface area contributed by atoms with Crippen LogP contribution in [0, 0.1) is 11.6 Å². The molecule has 2 aliphatic heterocycles. The molecule has 2 aliphatic rings. The molecule has 0 aromatic heterocycles. The maximum absolute atomic E-state index is 13.9. The Morgan fingerprint density at radius 3 is 2.78 bits per heavy atom. The van der Waals surface area contributed by atoms with Crippen LogP contribution in [0.25, 0.3) is 0 Å². The van der Waals surface area contributed by atoms with E-state index in [4.69, 9.17) is 4.74 Å². The van der Waals surface area contributed by atoms with E-state index in [-0.39, 0.29) is 0 Å². The number of benzene rings is 1. The smallest absolute Gasteiger partial charge is 0.134 e. The monoisotopic (exact) mass is 254 g/mol. The van der Waals surface area contributed by atoms with Crippen molar-refractivity contribution in [3.05, 3.63) is 28.8 Å². The standard InChI is InChI=1S/C13H16F2N2O/c14-11-7-12(15)10(13-9(11)1-6-18-13)8-17-4-2-16-3-5-17/h7,16H,1-6,8H2. The third kappa shape index (κ3) is 2.08. The lowest BCUT2D eigenvalue weighted by Gasteiger charge is -2.27. The van der Waals surface area contributed by atoms with Gasteiger partial charge in [-0.1, -0.05) is 0 Å². The molecule has 0 bridgehead atoms. The summed E-state index contributed by atoms with van der Waals surface area (Å²) in [6.45, 7) is 4.52. The molecule has 0 atom stereocenters. The lowest BCUT2D eigenvalue weighted by atomic mass is 10.1. The third-order valence-corrected chi connectivity index (χ3v) is 3.57. The van der Waals surface area contributed by atoms with Crippen LogP contribution in [-0.4, -0.2) is 37.7 Å². The number of nitrogens with one attached hydrogen (secondary N) is 1. The van der Waals surface area contributed by atoms with E-state index in [0.29, 0.717) is 36.4 Å². The number of ether oxygens (including phenoxy) is 1. The first-order valence-electron chi connectivity index (χ1n) is 6.31. The van der Waals surface area contributed by atoms with Gasteiger partial charge >= 0.3 is 0 Å². The first kappa shape index (κ1) is 11.9. The summed E-state index contributed by atoms with van der Waals surface area (Å²) in [5.41, 5.74) is 1.03. The minimum atomic E-state index is -0.494. The Hall–Kier alpha value is -1.20. The molecule has 18 heavy (non-hydrogen) atoms. The molecule has 0 unspecified atom stereocenters. The van der Waals surface area contributed by atoms with Gasteiger partial charge in [-0.3, -0.25) is 4.90 Å². The minimum Gasteiger partial charge on any atom is -0.492 e. The van der Waals surface area contributed by atoms with E-state index in [9.17, 15) is 8.78 Å². The van der Waals surface area contributed by atoms with Crippen molar-refractivity contribution in [2.45, 2.75) is 13.0 Å². The molecule has 1 fully saturated rings. The highest BCUT2D eigenvalue weighted by molar-refractivity contribution is 5.45. The van der Waals surface area contributed by atoms with Crippen molar-refractivity contribution in [2.75, 3.05) is 32.8 Å². The van der Waals surface area contributed by atoms with Crippen LogP contribution in [0.15, 0.2) is 6.07 Å². The second-order valence-corrected chi connectivity index (χ2v) is 4.75. The van der Waals surface area contributed by atoms with Gasteiger partial charge in [0.2, 0.25) is 0 Å².